The van der Waals surface area contributed by atoms with E-state index >= 15 is 0 Å². The van der Waals surface area contributed by atoms with E-state index in [9.17, 15) is 14.7 Å². The summed E-state index contributed by atoms with van der Waals surface area (Å²) in [7, 11) is 0. The fraction of sp³-hybridized carbons (Fsp3) is 0.375. The van der Waals surface area contributed by atoms with Gasteiger partial charge in [0.15, 0.2) is 5.82 Å². The number of carboxylic acids is 1. The van der Waals surface area contributed by atoms with Gasteiger partial charge in [-0.15, -0.1) is 5.10 Å². The van der Waals surface area contributed by atoms with Crippen LogP contribution in [0.3, 0.4) is 0 Å². The molecule has 2 amide bonds. The molecule has 3 rings (SSSR count). The summed E-state index contributed by atoms with van der Waals surface area (Å²) in [6.07, 6.45) is 3.69. The minimum absolute atomic E-state index is 0.117. The van der Waals surface area contributed by atoms with Gasteiger partial charge in [0.05, 0.1) is 18.2 Å². The van der Waals surface area contributed by atoms with E-state index in [0.717, 1.165) is 12.0 Å². The Morgan fingerprint density at radius 2 is 2.00 bits per heavy atom. The second-order valence-corrected chi connectivity index (χ2v) is 6.03. The number of urea groups is 1. The summed E-state index contributed by atoms with van der Waals surface area (Å²) >= 11 is 0. The molecule has 0 aliphatic heterocycles. The van der Waals surface area contributed by atoms with Gasteiger partial charge < -0.3 is 10.4 Å². The number of hydrogen-bond acceptors (Lipinski definition) is 4. The van der Waals surface area contributed by atoms with E-state index in [0.29, 0.717) is 25.2 Å². The van der Waals surface area contributed by atoms with Crippen LogP contribution < -0.4 is 10.6 Å². The Labute approximate surface area is 138 Å². The largest absolute Gasteiger partial charge is 0.481 e. The van der Waals surface area contributed by atoms with Gasteiger partial charge in [-0.05, 0) is 18.4 Å². The van der Waals surface area contributed by atoms with Crippen LogP contribution >= 0.6 is 0 Å². The average Bonchev–Trinajstić information content (AvgIpc) is 2.93. The zero-order valence-electron chi connectivity index (χ0n) is 13.1. The van der Waals surface area contributed by atoms with Crippen molar-refractivity contribution in [1.29, 1.82) is 0 Å². The van der Waals surface area contributed by atoms with Crippen LogP contribution in [0.15, 0.2) is 36.5 Å². The average molecular weight is 329 g/mol. The monoisotopic (exact) mass is 329 g/mol. The molecule has 1 aromatic carbocycles. The van der Waals surface area contributed by atoms with Gasteiger partial charge in [-0.2, -0.15) is 0 Å². The van der Waals surface area contributed by atoms with E-state index in [1.165, 1.54) is 0 Å². The topological polar surface area (TPSA) is 109 Å². The molecule has 8 nitrogen and oxygen atoms in total. The van der Waals surface area contributed by atoms with E-state index in [2.05, 4.69) is 20.9 Å². The van der Waals surface area contributed by atoms with Crippen molar-refractivity contribution in [3.8, 4) is 0 Å². The summed E-state index contributed by atoms with van der Waals surface area (Å²) in [5.74, 6) is -0.538. The molecule has 0 atom stereocenters. The lowest BCUT2D eigenvalue weighted by Crippen LogP contribution is -2.48. The van der Waals surface area contributed by atoms with Crippen LogP contribution in [0.4, 0.5) is 10.6 Å². The summed E-state index contributed by atoms with van der Waals surface area (Å²) < 4.78 is 1.62. The van der Waals surface area contributed by atoms with Gasteiger partial charge >= 0.3 is 12.0 Å². The van der Waals surface area contributed by atoms with Crippen LogP contribution in [-0.2, 0) is 11.3 Å². The third-order valence-corrected chi connectivity index (χ3v) is 4.32. The minimum Gasteiger partial charge on any atom is -0.481 e. The van der Waals surface area contributed by atoms with Gasteiger partial charge in [-0.1, -0.05) is 42.0 Å². The molecule has 0 spiro atoms. The molecule has 8 heteroatoms. The number of carboxylic acid groups (broad SMARTS) is 1. The highest BCUT2D eigenvalue weighted by atomic mass is 16.4. The number of nitrogens with one attached hydrogen (secondary N) is 2. The number of aromatic nitrogens is 3. The summed E-state index contributed by atoms with van der Waals surface area (Å²) in [4.78, 5) is 23.2. The van der Waals surface area contributed by atoms with Crippen LogP contribution in [0.5, 0.6) is 0 Å². The summed E-state index contributed by atoms with van der Waals surface area (Å²) in [6.45, 7) is 0.672. The third-order valence-electron chi connectivity index (χ3n) is 4.32. The zero-order valence-corrected chi connectivity index (χ0v) is 13.1. The Balaban J connectivity index is 1.51. The van der Waals surface area contributed by atoms with Crippen LogP contribution in [0.2, 0.25) is 0 Å². The molecule has 0 bridgehead atoms. The molecule has 2 aromatic rings. The smallest absolute Gasteiger partial charge is 0.320 e. The Morgan fingerprint density at radius 1 is 1.25 bits per heavy atom. The predicted molar refractivity (Wildman–Crippen MR) is 86.5 cm³/mol. The van der Waals surface area contributed by atoms with Gasteiger partial charge in [0.25, 0.3) is 0 Å². The molecule has 1 fully saturated rings. The molecular weight excluding hydrogens is 310 g/mol. The number of benzene rings is 1. The molecular formula is C16H19N5O3. The number of hydrogen-bond donors (Lipinski definition) is 3. The van der Waals surface area contributed by atoms with Crippen molar-refractivity contribution in [1.82, 2.24) is 20.3 Å². The van der Waals surface area contributed by atoms with Crippen LogP contribution in [0.25, 0.3) is 0 Å². The lowest BCUT2D eigenvalue weighted by molar-refractivity contribution is -0.153. The molecule has 1 aromatic heterocycles. The molecule has 126 valence electrons. The SMILES string of the molecule is O=C(NCC1(C(=O)O)CCC1)Nc1cn(Cc2ccccc2)nn1. The number of carbonyl (C=O) groups is 2. The van der Waals surface area contributed by atoms with Crippen LogP contribution in [0.1, 0.15) is 24.8 Å². The van der Waals surface area contributed by atoms with E-state index in [1.54, 1.807) is 10.9 Å². The maximum atomic E-state index is 11.9. The first kappa shape index (κ1) is 16.0. The first-order valence-corrected chi connectivity index (χ1v) is 7.80. The number of nitrogens with zero attached hydrogens (tertiary/aromatic N) is 3. The minimum atomic E-state index is -0.858. The number of anilines is 1. The molecule has 1 aliphatic carbocycles. The number of rotatable bonds is 6. The Kier molecular flexibility index (Phi) is 4.45. The fourth-order valence-electron chi connectivity index (χ4n) is 2.68. The maximum absolute atomic E-state index is 11.9. The Morgan fingerprint density at radius 3 is 2.62 bits per heavy atom. The van der Waals surface area contributed by atoms with Crippen LogP contribution in [0, 0.1) is 5.41 Å². The lowest BCUT2D eigenvalue weighted by Gasteiger charge is -2.37. The molecule has 3 N–H and O–H groups in total. The van der Waals surface area contributed by atoms with Crippen molar-refractivity contribution in [2.45, 2.75) is 25.8 Å². The summed E-state index contributed by atoms with van der Waals surface area (Å²) in [5.41, 5.74) is 0.259. The molecule has 0 saturated heterocycles. The molecule has 1 heterocycles. The van der Waals surface area contributed by atoms with Crippen molar-refractivity contribution in [2.75, 3.05) is 11.9 Å². The third kappa shape index (κ3) is 3.53. The van der Waals surface area contributed by atoms with Crippen molar-refractivity contribution in [3.05, 3.63) is 42.1 Å². The first-order valence-electron chi connectivity index (χ1n) is 7.80. The van der Waals surface area contributed by atoms with Gasteiger partial charge in [0, 0.05) is 6.54 Å². The summed E-state index contributed by atoms with van der Waals surface area (Å²) in [6, 6.07) is 9.30. The second-order valence-electron chi connectivity index (χ2n) is 6.03. The highest BCUT2D eigenvalue weighted by Gasteiger charge is 2.44. The van der Waals surface area contributed by atoms with Gasteiger partial charge in [-0.25, -0.2) is 9.48 Å². The van der Waals surface area contributed by atoms with Crippen molar-refractivity contribution in [2.24, 2.45) is 5.41 Å². The van der Waals surface area contributed by atoms with E-state index in [-0.39, 0.29) is 6.54 Å². The van der Waals surface area contributed by atoms with Gasteiger partial charge in [-0.3, -0.25) is 10.1 Å². The normalized spacial score (nSPS) is 15.3. The van der Waals surface area contributed by atoms with Crippen molar-refractivity contribution in [3.63, 3.8) is 0 Å². The van der Waals surface area contributed by atoms with E-state index in [4.69, 9.17) is 0 Å². The number of carbonyl (C=O) groups excluding carboxylic acids is 1. The molecule has 24 heavy (non-hydrogen) atoms. The number of aliphatic carboxylic acids is 1. The summed E-state index contributed by atoms with van der Waals surface area (Å²) in [5, 5.41) is 22.3. The number of amides is 2. The highest BCUT2D eigenvalue weighted by Crippen LogP contribution is 2.40. The Hall–Kier alpha value is -2.90. The van der Waals surface area contributed by atoms with E-state index < -0.39 is 17.4 Å². The molecule has 1 saturated carbocycles. The van der Waals surface area contributed by atoms with Crippen molar-refractivity contribution >= 4 is 17.8 Å². The predicted octanol–water partition coefficient (Wildman–Crippen LogP) is 1.70. The Bertz CT molecular complexity index is 724. The highest BCUT2D eigenvalue weighted by molar-refractivity contribution is 5.88. The van der Waals surface area contributed by atoms with Crippen LogP contribution in [-0.4, -0.2) is 38.6 Å². The molecule has 0 radical (unpaired) electrons. The second kappa shape index (κ2) is 6.69. The maximum Gasteiger partial charge on any atom is 0.320 e. The zero-order chi connectivity index (χ0) is 17.0. The van der Waals surface area contributed by atoms with Crippen molar-refractivity contribution < 1.29 is 14.7 Å². The molecule has 1 aliphatic rings. The fourth-order valence-corrected chi connectivity index (χ4v) is 2.68. The first-order chi connectivity index (χ1) is 11.6. The van der Waals surface area contributed by atoms with E-state index in [1.807, 2.05) is 30.3 Å². The molecule has 0 unspecified atom stereocenters. The standard InChI is InChI=1S/C16H19N5O3/c22-14(23)16(7-4-8-16)11-17-15(24)18-13-10-21(20-19-13)9-12-5-2-1-3-6-12/h1-3,5-6,10H,4,7-9,11H2,(H,22,23)(H2,17,18,24). The van der Waals surface area contributed by atoms with Gasteiger partial charge in [0.2, 0.25) is 0 Å². The quantitative estimate of drug-likeness (QED) is 0.747. The van der Waals surface area contributed by atoms with Gasteiger partial charge in [0.1, 0.15) is 0 Å². The lowest BCUT2D eigenvalue weighted by atomic mass is 9.69.